The average Bonchev–Trinajstić information content (AvgIpc) is 3.26. The van der Waals surface area contributed by atoms with E-state index in [2.05, 4.69) is 24.3 Å². The quantitative estimate of drug-likeness (QED) is 0.786. The van der Waals surface area contributed by atoms with Crippen LogP contribution in [0.1, 0.15) is 49.3 Å². The van der Waals surface area contributed by atoms with Crippen LogP contribution in [0.25, 0.3) is 11.1 Å². The van der Waals surface area contributed by atoms with E-state index in [4.69, 9.17) is 25.2 Å². The zero-order valence-electron chi connectivity index (χ0n) is 18.8. The fourth-order valence-corrected chi connectivity index (χ4v) is 5.80. The van der Waals surface area contributed by atoms with Crippen LogP contribution < -0.4 is 10.5 Å². The first kappa shape index (κ1) is 20.7. The number of ether oxygens (including phenoxy) is 2. The number of fused-ring (bicyclic) bond motifs is 3. The van der Waals surface area contributed by atoms with Crippen LogP contribution in [0.5, 0.6) is 5.75 Å². The Kier molecular flexibility index (Phi) is 4.83. The summed E-state index contributed by atoms with van der Waals surface area (Å²) in [5.74, 6) is 1.20. The molecule has 1 heterocycles. The van der Waals surface area contributed by atoms with Gasteiger partial charge in [-0.2, -0.15) is 5.26 Å². The summed E-state index contributed by atoms with van der Waals surface area (Å²) in [6, 6.07) is 14.4. The number of methoxy groups -OCH3 is 2. The minimum Gasteiger partial charge on any atom is -0.497 e. The number of hydrogen-bond donors (Lipinski definition) is 1. The third-order valence-corrected chi connectivity index (χ3v) is 7.56. The molecule has 2 N–H and O–H groups in total. The number of nitrogens with zero attached hydrogens (tertiary/aromatic N) is 3. The summed E-state index contributed by atoms with van der Waals surface area (Å²) in [5, 5.41) is 9.45. The topological polar surface area (TPSA) is 93.0 Å². The number of rotatable bonds is 3. The summed E-state index contributed by atoms with van der Waals surface area (Å²) in [7, 11) is 3.41. The van der Waals surface area contributed by atoms with Crippen molar-refractivity contribution in [3.8, 4) is 22.9 Å². The smallest absolute Gasteiger partial charge is 0.184 e. The van der Waals surface area contributed by atoms with Crippen LogP contribution in [0.3, 0.4) is 0 Å². The molecular formula is C26H28N4O2. The van der Waals surface area contributed by atoms with Crippen molar-refractivity contribution in [2.45, 2.75) is 50.8 Å². The molecule has 164 valence electrons. The number of benzene rings is 2. The standard InChI is InChI=1S/C26H28N4O2/c1-16-24(28)30-26(29-16)23-13-18(20-10-17(15-27)11-22(12-20)32-3)4-5-19(23)14-25(26)8-6-21(31-2)7-9-25/h4-5,10-13,21H,6-9,14H2,1-3H3,(H2,28,30)/t21-,25-,26?. The Morgan fingerprint density at radius 1 is 1.06 bits per heavy atom. The van der Waals surface area contributed by atoms with E-state index in [1.54, 1.807) is 20.3 Å². The molecule has 2 aromatic rings. The molecular weight excluding hydrogens is 400 g/mol. The van der Waals surface area contributed by atoms with Crippen LogP contribution in [0.15, 0.2) is 46.4 Å². The average molecular weight is 429 g/mol. The van der Waals surface area contributed by atoms with E-state index in [-0.39, 0.29) is 5.41 Å². The van der Waals surface area contributed by atoms with E-state index >= 15 is 0 Å². The van der Waals surface area contributed by atoms with Gasteiger partial charge in [0, 0.05) is 18.1 Å². The van der Waals surface area contributed by atoms with Gasteiger partial charge in [0.2, 0.25) is 0 Å². The van der Waals surface area contributed by atoms with Gasteiger partial charge in [-0.3, -0.25) is 4.99 Å². The van der Waals surface area contributed by atoms with Gasteiger partial charge in [-0.1, -0.05) is 12.1 Å². The predicted octanol–water partition coefficient (Wildman–Crippen LogP) is 4.35. The molecule has 2 aromatic carbocycles. The van der Waals surface area contributed by atoms with E-state index in [1.807, 2.05) is 19.1 Å². The first-order valence-electron chi connectivity index (χ1n) is 11.1. The number of amidine groups is 1. The van der Waals surface area contributed by atoms with E-state index < -0.39 is 5.66 Å². The van der Waals surface area contributed by atoms with Gasteiger partial charge in [0.1, 0.15) is 11.6 Å². The lowest BCUT2D eigenvalue weighted by Crippen LogP contribution is -2.43. The maximum absolute atomic E-state index is 9.45. The summed E-state index contributed by atoms with van der Waals surface area (Å²) in [6.45, 7) is 1.95. The molecule has 1 saturated carbocycles. The highest BCUT2D eigenvalue weighted by Crippen LogP contribution is 2.62. The van der Waals surface area contributed by atoms with Crippen molar-refractivity contribution in [2.75, 3.05) is 14.2 Å². The zero-order chi connectivity index (χ0) is 22.5. The fourth-order valence-electron chi connectivity index (χ4n) is 5.80. The van der Waals surface area contributed by atoms with E-state index in [0.29, 0.717) is 23.3 Å². The molecule has 5 rings (SSSR count). The van der Waals surface area contributed by atoms with Crippen molar-refractivity contribution < 1.29 is 9.47 Å². The molecule has 0 amide bonds. The van der Waals surface area contributed by atoms with E-state index in [9.17, 15) is 5.26 Å². The molecule has 1 atom stereocenters. The second kappa shape index (κ2) is 7.46. The molecule has 3 aliphatic rings. The molecule has 1 unspecified atom stereocenters. The molecule has 32 heavy (non-hydrogen) atoms. The number of nitrogens with two attached hydrogens (primary N) is 1. The van der Waals surface area contributed by atoms with Gasteiger partial charge in [0.05, 0.1) is 30.6 Å². The van der Waals surface area contributed by atoms with Crippen molar-refractivity contribution in [3.63, 3.8) is 0 Å². The van der Waals surface area contributed by atoms with Gasteiger partial charge in [-0.15, -0.1) is 0 Å². The van der Waals surface area contributed by atoms with Crippen molar-refractivity contribution in [1.29, 1.82) is 5.26 Å². The van der Waals surface area contributed by atoms with Crippen molar-refractivity contribution >= 4 is 11.5 Å². The van der Waals surface area contributed by atoms with Gasteiger partial charge in [-0.05, 0) is 80.0 Å². The molecule has 0 bridgehead atoms. The molecule has 1 fully saturated rings. The second-order valence-electron chi connectivity index (χ2n) is 9.19. The Hall–Kier alpha value is -3.17. The lowest BCUT2D eigenvalue weighted by atomic mass is 9.65. The SMILES string of the molecule is COc1cc(C#N)cc(-c2ccc3c(c2)C2(N=C(C)C(N)=N2)[C@]2(CC[C@H](OC)CC2)C3)c1. The monoisotopic (exact) mass is 428 g/mol. The summed E-state index contributed by atoms with van der Waals surface area (Å²) in [4.78, 5) is 10.2. The molecule has 0 aromatic heterocycles. The van der Waals surface area contributed by atoms with Crippen LogP contribution in [-0.4, -0.2) is 31.9 Å². The predicted molar refractivity (Wildman–Crippen MR) is 125 cm³/mol. The maximum atomic E-state index is 9.45. The van der Waals surface area contributed by atoms with Gasteiger partial charge in [0.15, 0.2) is 5.66 Å². The molecule has 0 radical (unpaired) electrons. The largest absolute Gasteiger partial charge is 0.497 e. The van der Waals surface area contributed by atoms with Crippen molar-refractivity contribution in [3.05, 3.63) is 53.1 Å². The van der Waals surface area contributed by atoms with Crippen LogP contribution in [0.2, 0.25) is 0 Å². The van der Waals surface area contributed by atoms with Crippen LogP contribution in [0.4, 0.5) is 0 Å². The Morgan fingerprint density at radius 2 is 1.84 bits per heavy atom. The molecule has 6 nitrogen and oxygen atoms in total. The third-order valence-electron chi connectivity index (χ3n) is 7.56. The summed E-state index contributed by atoms with van der Waals surface area (Å²) >= 11 is 0. The lowest BCUT2D eigenvalue weighted by molar-refractivity contribution is -0.000372. The third kappa shape index (κ3) is 2.96. The first-order valence-corrected chi connectivity index (χ1v) is 11.1. The highest BCUT2D eigenvalue weighted by atomic mass is 16.5. The fraction of sp³-hybridized carbons (Fsp3) is 0.423. The van der Waals surface area contributed by atoms with Crippen LogP contribution in [0, 0.1) is 16.7 Å². The van der Waals surface area contributed by atoms with Crippen molar-refractivity contribution in [1.82, 2.24) is 0 Å². The van der Waals surface area contributed by atoms with Gasteiger partial charge in [0.25, 0.3) is 0 Å². The van der Waals surface area contributed by atoms with Crippen LogP contribution >= 0.6 is 0 Å². The highest BCUT2D eigenvalue weighted by Gasteiger charge is 2.60. The first-order chi connectivity index (χ1) is 15.4. The minimum atomic E-state index is -0.678. The molecule has 2 spiro atoms. The zero-order valence-corrected chi connectivity index (χ0v) is 18.8. The number of nitriles is 1. The highest BCUT2D eigenvalue weighted by molar-refractivity contribution is 6.41. The Balaban J connectivity index is 1.65. The Morgan fingerprint density at radius 3 is 2.47 bits per heavy atom. The van der Waals surface area contributed by atoms with E-state index in [0.717, 1.165) is 54.5 Å². The van der Waals surface area contributed by atoms with E-state index in [1.165, 1.54) is 5.56 Å². The van der Waals surface area contributed by atoms with Crippen LogP contribution in [-0.2, 0) is 16.8 Å². The number of hydrogen-bond acceptors (Lipinski definition) is 6. The molecule has 6 heteroatoms. The molecule has 0 saturated heterocycles. The van der Waals surface area contributed by atoms with Gasteiger partial charge < -0.3 is 15.2 Å². The van der Waals surface area contributed by atoms with Gasteiger partial charge >= 0.3 is 0 Å². The summed E-state index contributed by atoms with van der Waals surface area (Å²) in [5.41, 5.74) is 11.3. The second-order valence-corrected chi connectivity index (χ2v) is 9.19. The lowest BCUT2D eigenvalue weighted by Gasteiger charge is -2.44. The number of aliphatic imine (C=N–C) groups is 2. The maximum Gasteiger partial charge on any atom is 0.184 e. The van der Waals surface area contributed by atoms with Gasteiger partial charge in [-0.25, -0.2) is 4.99 Å². The normalized spacial score (nSPS) is 28.4. The minimum absolute atomic E-state index is 0.0858. The molecule has 1 aliphatic heterocycles. The Labute approximate surface area is 188 Å². The molecule has 2 aliphatic carbocycles. The summed E-state index contributed by atoms with van der Waals surface area (Å²) in [6.07, 6.45) is 5.25. The summed E-state index contributed by atoms with van der Waals surface area (Å²) < 4.78 is 11.1. The van der Waals surface area contributed by atoms with Crippen molar-refractivity contribution in [2.24, 2.45) is 21.1 Å². The Bertz CT molecular complexity index is 1160.